The Morgan fingerprint density at radius 2 is 1.98 bits per heavy atom. The highest BCUT2D eigenvalue weighted by atomic mass is 32.3. The van der Waals surface area contributed by atoms with E-state index in [9.17, 15) is 13.9 Å². The number of aromatic nitrogens is 5. The molecule has 0 saturated carbocycles. The fraction of sp³-hybridized carbons (Fsp3) is 0.343. The molecule has 12 nitrogen and oxygen atoms in total. The molecule has 2 unspecified atom stereocenters. The highest BCUT2D eigenvalue weighted by molar-refractivity contribution is 8.22. The summed E-state index contributed by atoms with van der Waals surface area (Å²) in [6, 6.07) is 15.2. The van der Waals surface area contributed by atoms with Crippen molar-refractivity contribution in [1.82, 2.24) is 29.3 Å². The molecular weight excluding hydrogens is 630 g/mol. The van der Waals surface area contributed by atoms with Crippen LogP contribution in [0, 0.1) is 13.8 Å². The average molecular weight is 672 g/mol. The Balaban J connectivity index is 1.39. The summed E-state index contributed by atoms with van der Waals surface area (Å²) in [7, 11) is -1.86. The zero-order chi connectivity index (χ0) is 34.0. The zero-order valence-corrected chi connectivity index (χ0v) is 28.6. The van der Waals surface area contributed by atoms with Crippen LogP contribution in [-0.4, -0.2) is 64.0 Å². The molecule has 252 valence electrons. The van der Waals surface area contributed by atoms with Gasteiger partial charge in [0.2, 0.25) is 11.8 Å². The lowest BCUT2D eigenvalue weighted by molar-refractivity contribution is -0.116. The predicted octanol–water partition coefficient (Wildman–Crippen LogP) is 6.73. The van der Waals surface area contributed by atoms with Gasteiger partial charge in [-0.15, -0.1) is 15.9 Å². The molecule has 6 rings (SSSR count). The minimum Gasteiger partial charge on any atom is -0.494 e. The van der Waals surface area contributed by atoms with E-state index in [4.69, 9.17) is 9.47 Å². The zero-order valence-electron chi connectivity index (χ0n) is 27.8. The Bertz CT molecular complexity index is 1950. The van der Waals surface area contributed by atoms with Crippen LogP contribution in [0.25, 0.3) is 11.0 Å². The van der Waals surface area contributed by atoms with Gasteiger partial charge in [-0.2, -0.15) is 4.31 Å². The van der Waals surface area contributed by atoms with Gasteiger partial charge in [-0.3, -0.25) is 18.9 Å². The molecular formula is C35H41N7O5S. The quantitative estimate of drug-likeness (QED) is 0.146. The highest BCUT2D eigenvalue weighted by Crippen LogP contribution is 2.57. The summed E-state index contributed by atoms with van der Waals surface area (Å²) >= 11 is 0. The maximum atomic E-state index is 13.7. The van der Waals surface area contributed by atoms with Gasteiger partial charge in [0.25, 0.3) is 0 Å². The van der Waals surface area contributed by atoms with E-state index >= 15 is 0 Å². The number of nitrogens with one attached hydrogen (secondary N) is 1. The first-order valence-electron chi connectivity index (χ1n) is 16.0. The van der Waals surface area contributed by atoms with Crippen LogP contribution in [0.4, 0.5) is 5.69 Å². The molecule has 1 aliphatic heterocycles. The Morgan fingerprint density at radius 1 is 1.15 bits per heavy atom. The number of nitrogens with zero attached hydrogens (tertiary/aromatic N) is 6. The molecule has 0 radical (unpaired) electrons. The number of benzene rings is 2. The van der Waals surface area contributed by atoms with Crippen molar-refractivity contribution in [3.05, 3.63) is 94.9 Å². The molecule has 13 heteroatoms. The van der Waals surface area contributed by atoms with E-state index in [-0.39, 0.29) is 41.7 Å². The number of ether oxygens (including phenoxy) is 2. The van der Waals surface area contributed by atoms with E-state index in [0.29, 0.717) is 30.9 Å². The largest absolute Gasteiger partial charge is 0.494 e. The third kappa shape index (κ3) is 6.46. The van der Waals surface area contributed by atoms with Crippen molar-refractivity contribution in [3.63, 3.8) is 0 Å². The molecule has 0 aliphatic carbocycles. The van der Waals surface area contributed by atoms with Crippen LogP contribution in [0.15, 0.2) is 72.0 Å². The Hall–Kier alpha value is -4.56. The predicted molar refractivity (Wildman–Crippen MR) is 185 cm³/mol. The summed E-state index contributed by atoms with van der Waals surface area (Å²) in [5.41, 5.74) is 6.90. The van der Waals surface area contributed by atoms with Crippen molar-refractivity contribution in [3.8, 4) is 11.6 Å². The van der Waals surface area contributed by atoms with Crippen LogP contribution in [0.5, 0.6) is 11.6 Å². The molecule has 0 fully saturated rings. The summed E-state index contributed by atoms with van der Waals surface area (Å²) in [6.07, 6.45) is 5.28. The second-order valence-corrected chi connectivity index (χ2v) is 13.9. The number of hydrogen-bond acceptors (Lipinski definition) is 10. The van der Waals surface area contributed by atoms with Gasteiger partial charge < -0.3 is 14.8 Å². The third-order valence-corrected chi connectivity index (χ3v) is 10.9. The van der Waals surface area contributed by atoms with Crippen LogP contribution in [-0.2, 0) is 17.9 Å². The van der Waals surface area contributed by atoms with Gasteiger partial charge in [0.05, 0.1) is 25.4 Å². The maximum absolute atomic E-state index is 13.7. The lowest BCUT2D eigenvalue weighted by Crippen LogP contribution is -2.34. The summed E-state index contributed by atoms with van der Waals surface area (Å²) in [5, 5.41) is 11.8. The number of methoxy groups -OCH3 is 1. The molecule has 2 aromatic carbocycles. The molecule has 0 spiro atoms. The normalized spacial score (nSPS) is 17.2. The molecule has 5 aromatic rings. The van der Waals surface area contributed by atoms with Crippen LogP contribution in [0.3, 0.4) is 0 Å². The van der Waals surface area contributed by atoms with E-state index < -0.39 is 10.8 Å². The van der Waals surface area contributed by atoms with Crippen molar-refractivity contribution < 1.29 is 23.4 Å². The first-order chi connectivity index (χ1) is 23.1. The minimum absolute atomic E-state index is 0.124. The number of amides is 1. The molecule has 2 atom stereocenters. The molecule has 48 heavy (non-hydrogen) atoms. The number of carbonyl (C=O) groups is 1. The van der Waals surface area contributed by atoms with E-state index in [1.165, 1.54) is 0 Å². The van der Waals surface area contributed by atoms with Gasteiger partial charge in [-0.25, -0.2) is 9.67 Å². The summed E-state index contributed by atoms with van der Waals surface area (Å²) in [6.45, 7) is 9.29. The van der Waals surface area contributed by atoms with Crippen molar-refractivity contribution in [1.29, 1.82) is 0 Å². The maximum Gasteiger partial charge on any atom is 0.239 e. The summed E-state index contributed by atoms with van der Waals surface area (Å²) in [4.78, 5) is 22.5. The monoisotopic (exact) mass is 671 g/mol. The van der Waals surface area contributed by atoms with Gasteiger partial charge >= 0.3 is 0 Å². The van der Waals surface area contributed by atoms with Gasteiger partial charge in [0.1, 0.15) is 28.0 Å². The van der Waals surface area contributed by atoms with Gasteiger partial charge in [-0.1, -0.05) is 36.4 Å². The Kier molecular flexibility index (Phi) is 9.65. The SMILES string of the molecule is CCC1CN(Cc2cc(C(CC(=O)Nc3cnccc3OC)c3ccc4c(nnn4CC)c3C)ccc2C)S(O)(O)c2cccnc2O1. The molecule has 1 amide bonds. The third-order valence-electron chi connectivity index (χ3n) is 8.98. The van der Waals surface area contributed by atoms with E-state index in [1.54, 1.807) is 48.2 Å². The summed E-state index contributed by atoms with van der Waals surface area (Å²) < 4.78 is 38.3. The topological polar surface area (TPSA) is 148 Å². The van der Waals surface area contributed by atoms with Crippen molar-refractivity contribution in [2.24, 2.45) is 0 Å². The number of hydrogen-bond donors (Lipinski definition) is 3. The second kappa shape index (κ2) is 13.9. The molecule has 4 heterocycles. The van der Waals surface area contributed by atoms with E-state index in [0.717, 1.165) is 38.9 Å². The lowest BCUT2D eigenvalue weighted by atomic mass is 9.84. The first kappa shape index (κ1) is 33.3. The van der Waals surface area contributed by atoms with Crippen LogP contribution in [0.2, 0.25) is 0 Å². The number of pyridine rings is 2. The number of carbonyl (C=O) groups excluding carboxylic acids is 1. The lowest BCUT2D eigenvalue weighted by Gasteiger charge is -2.41. The number of aryl methyl sites for hydroxylation is 3. The first-order valence-corrected chi connectivity index (χ1v) is 17.5. The van der Waals surface area contributed by atoms with Gasteiger partial charge in [-0.05, 0) is 73.2 Å². The molecule has 1 aliphatic rings. The Morgan fingerprint density at radius 3 is 2.75 bits per heavy atom. The standard InChI is InChI=1S/C35H41N7O5S/c1-6-26-21-41(48(44,45)32-9-8-15-37-35(32)47-26)20-25-17-24(11-10-22(25)3)28(18-33(43)38-29-19-36-16-14-31(29)46-5)27-12-13-30-34(23(27)4)39-40-42(30)7-2/h8-17,19,26,28,44-45H,6-7,18,20-21H2,1-5H3,(H,38,43). The fourth-order valence-corrected chi connectivity index (χ4v) is 7.78. The second-order valence-electron chi connectivity index (χ2n) is 11.9. The average Bonchev–Trinajstić information content (AvgIpc) is 3.48. The molecule has 0 saturated heterocycles. The fourth-order valence-electron chi connectivity index (χ4n) is 6.22. The van der Waals surface area contributed by atoms with Crippen molar-refractivity contribution >= 4 is 33.4 Å². The number of anilines is 1. The molecule has 0 bridgehead atoms. The Labute approximate surface area is 281 Å². The summed E-state index contributed by atoms with van der Waals surface area (Å²) in [5.74, 6) is 0.201. The van der Waals surface area contributed by atoms with Crippen LogP contribution < -0.4 is 14.8 Å². The number of rotatable bonds is 10. The molecule has 3 N–H and O–H groups in total. The number of fused-ring (bicyclic) bond motifs is 2. The minimum atomic E-state index is -3.41. The van der Waals surface area contributed by atoms with Gasteiger partial charge in [0.15, 0.2) is 0 Å². The van der Waals surface area contributed by atoms with Crippen molar-refractivity contribution in [2.75, 3.05) is 19.0 Å². The van der Waals surface area contributed by atoms with E-state index in [1.807, 2.05) is 56.6 Å². The van der Waals surface area contributed by atoms with Crippen LogP contribution >= 0.6 is 10.8 Å². The van der Waals surface area contributed by atoms with Crippen LogP contribution in [0.1, 0.15) is 60.4 Å². The van der Waals surface area contributed by atoms with Gasteiger partial charge in [0, 0.05) is 43.9 Å². The highest BCUT2D eigenvalue weighted by Gasteiger charge is 2.36. The van der Waals surface area contributed by atoms with E-state index in [2.05, 4.69) is 31.7 Å². The molecule has 3 aromatic heterocycles. The smallest absolute Gasteiger partial charge is 0.239 e. The van der Waals surface area contributed by atoms with Crippen molar-refractivity contribution in [2.45, 2.75) is 70.5 Å².